The van der Waals surface area contributed by atoms with E-state index in [1.165, 1.54) is 17.7 Å². The summed E-state index contributed by atoms with van der Waals surface area (Å²) in [5, 5.41) is 0. The van der Waals surface area contributed by atoms with Crippen molar-refractivity contribution in [2.45, 2.75) is 44.8 Å². The number of rotatable bonds is 8. The highest BCUT2D eigenvalue weighted by Gasteiger charge is 2.26. The van der Waals surface area contributed by atoms with Crippen LogP contribution in [0.5, 0.6) is 11.5 Å². The molecule has 0 aliphatic heterocycles. The molecule has 180 valence electrons. The molecular formula is C22H29N3O7S. The van der Waals surface area contributed by atoms with Gasteiger partial charge in [0.25, 0.3) is 5.56 Å². The number of hydrogen-bond acceptors (Lipinski definition) is 7. The standard InChI is InChI=1S/C22H29N3O7S/c1-4-33(28,29)24-14-5-10-19(31-15-6-8-16(9-7-15)32-22(23)27)17(11-14)18-13-25(2)21(26)12-20(18)30-3/h5,10-13,15-16,24H,4,6-9H2,1-3H3,(H2,23,27)/t15-,16-. The lowest BCUT2D eigenvalue weighted by Crippen LogP contribution is -2.31. The van der Waals surface area contributed by atoms with Crippen molar-refractivity contribution in [1.29, 1.82) is 0 Å². The van der Waals surface area contributed by atoms with E-state index in [1.54, 1.807) is 38.4 Å². The third-order valence-corrected chi connectivity index (χ3v) is 6.84. The molecule has 1 amide bonds. The number of carbonyl (C=O) groups is 1. The zero-order chi connectivity index (χ0) is 24.2. The molecule has 0 bridgehead atoms. The summed E-state index contributed by atoms with van der Waals surface area (Å²) in [6.07, 6.45) is 3.05. The number of ether oxygens (including phenoxy) is 3. The molecule has 33 heavy (non-hydrogen) atoms. The Hall–Kier alpha value is -3.21. The number of methoxy groups -OCH3 is 1. The Balaban J connectivity index is 1.96. The number of aromatic nitrogens is 1. The number of carbonyl (C=O) groups excluding carboxylic acids is 1. The number of nitrogens with one attached hydrogen (secondary N) is 1. The van der Waals surface area contributed by atoms with E-state index < -0.39 is 16.1 Å². The Bertz CT molecular complexity index is 1170. The van der Waals surface area contributed by atoms with Crippen LogP contribution in [-0.4, -0.2) is 44.1 Å². The number of aryl methyl sites for hydroxylation is 1. The normalized spacial score (nSPS) is 18.4. The Morgan fingerprint density at radius 1 is 1.12 bits per heavy atom. The molecule has 0 spiro atoms. The van der Waals surface area contributed by atoms with Gasteiger partial charge in [-0.2, -0.15) is 0 Å². The van der Waals surface area contributed by atoms with Gasteiger partial charge in [0.05, 0.1) is 19.0 Å². The molecule has 1 fully saturated rings. The van der Waals surface area contributed by atoms with Gasteiger partial charge >= 0.3 is 6.09 Å². The molecule has 3 rings (SSSR count). The molecule has 0 saturated heterocycles. The van der Waals surface area contributed by atoms with E-state index in [4.69, 9.17) is 19.9 Å². The van der Waals surface area contributed by atoms with Crippen LogP contribution >= 0.6 is 0 Å². The van der Waals surface area contributed by atoms with E-state index in [0.29, 0.717) is 54.0 Å². The molecule has 1 aromatic carbocycles. The zero-order valence-corrected chi connectivity index (χ0v) is 19.7. The first kappa shape index (κ1) is 24.4. The summed E-state index contributed by atoms with van der Waals surface area (Å²) in [5.41, 5.74) is 6.39. The van der Waals surface area contributed by atoms with E-state index in [0.717, 1.165) is 0 Å². The summed E-state index contributed by atoms with van der Waals surface area (Å²) in [6, 6.07) is 6.35. The summed E-state index contributed by atoms with van der Waals surface area (Å²) < 4.78 is 44.9. The first-order valence-electron chi connectivity index (χ1n) is 10.6. The first-order chi connectivity index (χ1) is 15.6. The van der Waals surface area contributed by atoms with Crippen LogP contribution in [0.2, 0.25) is 0 Å². The Labute approximate surface area is 192 Å². The van der Waals surface area contributed by atoms with Gasteiger partial charge in [-0.15, -0.1) is 0 Å². The average molecular weight is 480 g/mol. The minimum Gasteiger partial charge on any atom is -0.496 e. The van der Waals surface area contributed by atoms with Crippen LogP contribution in [-0.2, 0) is 21.8 Å². The molecule has 2 aromatic rings. The number of amides is 1. The molecule has 0 unspecified atom stereocenters. The van der Waals surface area contributed by atoms with Crippen molar-refractivity contribution >= 4 is 21.8 Å². The molecule has 0 radical (unpaired) electrons. The van der Waals surface area contributed by atoms with Crippen molar-refractivity contribution in [1.82, 2.24) is 4.57 Å². The molecule has 10 nitrogen and oxygen atoms in total. The lowest BCUT2D eigenvalue weighted by Gasteiger charge is -2.29. The highest BCUT2D eigenvalue weighted by molar-refractivity contribution is 7.92. The van der Waals surface area contributed by atoms with E-state index in [1.807, 2.05) is 0 Å². The summed E-state index contributed by atoms with van der Waals surface area (Å²) in [4.78, 5) is 23.1. The number of sulfonamides is 1. The monoisotopic (exact) mass is 479 g/mol. The van der Waals surface area contributed by atoms with Gasteiger partial charge in [0.2, 0.25) is 10.0 Å². The second-order valence-corrected chi connectivity index (χ2v) is 9.89. The van der Waals surface area contributed by atoms with Crippen LogP contribution in [0.15, 0.2) is 35.3 Å². The van der Waals surface area contributed by atoms with Gasteiger partial charge in [-0.05, 0) is 50.8 Å². The van der Waals surface area contributed by atoms with Crippen molar-refractivity contribution in [2.75, 3.05) is 17.6 Å². The third-order valence-electron chi connectivity index (χ3n) is 5.53. The van der Waals surface area contributed by atoms with Gasteiger partial charge in [-0.1, -0.05) is 0 Å². The maximum Gasteiger partial charge on any atom is 0.404 e. The number of benzene rings is 1. The number of primary amides is 1. The average Bonchev–Trinajstić information content (AvgIpc) is 2.77. The largest absolute Gasteiger partial charge is 0.496 e. The predicted octanol–water partition coefficient (Wildman–Crippen LogP) is 2.61. The van der Waals surface area contributed by atoms with Crippen molar-refractivity contribution in [3.05, 3.63) is 40.8 Å². The van der Waals surface area contributed by atoms with Crippen LogP contribution in [0, 0.1) is 0 Å². The fourth-order valence-corrected chi connectivity index (χ4v) is 4.38. The van der Waals surface area contributed by atoms with Crippen molar-refractivity contribution in [3.8, 4) is 22.6 Å². The number of nitrogens with zero attached hydrogens (tertiary/aromatic N) is 1. The zero-order valence-electron chi connectivity index (χ0n) is 18.9. The second-order valence-electron chi connectivity index (χ2n) is 7.87. The predicted molar refractivity (Wildman–Crippen MR) is 124 cm³/mol. The third kappa shape index (κ3) is 6.19. The van der Waals surface area contributed by atoms with Gasteiger partial charge in [0.1, 0.15) is 17.6 Å². The first-order valence-corrected chi connectivity index (χ1v) is 12.3. The summed E-state index contributed by atoms with van der Waals surface area (Å²) in [6.45, 7) is 1.55. The van der Waals surface area contributed by atoms with Crippen LogP contribution < -0.4 is 25.5 Å². The van der Waals surface area contributed by atoms with Crippen molar-refractivity contribution < 1.29 is 27.4 Å². The van der Waals surface area contributed by atoms with Gasteiger partial charge in [-0.25, -0.2) is 13.2 Å². The molecule has 1 heterocycles. The molecule has 1 aromatic heterocycles. The molecular weight excluding hydrogens is 450 g/mol. The smallest absolute Gasteiger partial charge is 0.404 e. The van der Waals surface area contributed by atoms with Crippen molar-refractivity contribution in [2.24, 2.45) is 12.8 Å². The molecule has 1 aliphatic carbocycles. The quantitative estimate of drug-likeness (QED) is 0.593. The maximum atomic E-state index is 12.1. The van der Waals surface area contributed by atoms with E-state index >= 15 is 0 Å². The number of pyridine rings is 1. The lowest BCUT2D eigenvalue weighted by atomic mass is 9.94. The van der Waals surface area contributed by atoms with Gasteiger partial charge < -0.3 is 24.5 Å². The Morgan fingerprint density at radius 3 is 2.39 bits per heavy atom. The van der Waals surface area contributed by atoms with E-state index in [9.17, 15) is 18.0 Å². The maximum absolute atomic E-state index is 12.1. The van der Waals surface area contributed by atoms with Crippen LogP contribution in [0.25, 0.3) is 11.1 Å². The summed E-state index contributed by atoms with van der Waals surface area (Å²) in [7, 11) is -0.406. The molecule has 3 N–H and O–H groups in total. The van der Waals surface area contributed by atoms with Crippen molar-refractivity contribution in [3.63, 3.8) is 0 Å². The van der Waals surface area contributed by atoms with E-state index in [2.05, 4.69) is 4.72 Å². The van der Waals surface area contributed by atoms with Crippen LogP contribution in [0.4, 0.5) is 10.5 Å². The Kier molecular flexibility index (Phi) is 7.52. The number of hydrogen-bond donors (Lipinski definition) is 2. The van der Waals surface area contributed by atoms with Gasteiger partial charge in [0, 0.05) is 36.1 Å². The number of anilines is 1. The molecule has 1 saturated carbocycles. The van der Waals surface area contributed by atoms with Crippen LogP contribution in [0.3, 0.4) is 0 Å². The van der Waals surface area contributed by atoms with Gasteiger partial charge in [-0.3, -0.25) is 9.52 Å². The fourth-order valence-electron chi connectivity index (χ4n) is 3.75. The number of nitrogens with two attached hydrogens (primary N) is 1. The SMILES string of the molecule is CCS(=O)(=O)Nc1ccc(O[C@H]2CC[C@H](OC(N)=O)CC2)c(-c2cn(C)c(=O)cc2OC)c1. The summed E-state index contributed by atoms with van der Waals surface area (Å²) in [5.74, 6) is 0.795. The van der Waals surface area contributed by atoms with Gasteiger partial charge in [0.15, 0.2) is 0 Å². The second kappa shape index (κ2) is 10.2. The lowest BCUT2D eigenvalue weighted by molar-refractivity contribution is 0.0471. The van der Waals surface area contributed by atoms with Crippen LogP contribution in [0.1, 0.15) is 32.6 Å². The minimum atomic E-state index is -3.49. The molecule has 0 atom stereocenters. The highest BCUT2D eigenvalue weighted by atomic mass is 32.2. The minimum absolute atomic E-state index is 0.0691. The fraction of sp³-hybridized carbons (Fsp3) is 0.455. The Morgan fingerprint density at radius 2 is 1.79 bits per heavy atom. The topological polar surface area (TPSA) is 139 Å². The highest BCUT2D eigenvalue weighted by Crippen LogP contribution is 2.39. The molecule has 1 aliphatic rings. The molecule has 11 heteroatoms. The van der Waals surface area contributed by atoms with E-state index in [-0.39, 0.29) is 23.5 Å². The summed E-state index contributed by atoms with van der Waals surface area (Å²) >= 11 is 0.